The molecule has 0 fully saturated rings. The van der Waals surface area contributed by atoms with Gasteiger partial charge in [0.15, 0.2) is 17.2 Å². The number of esters is 1. The smallest absolute Gasteiger partial charge is 0.363 e. The van der Waals surface area contributed by atoms with Crippen LogP contribution in [-0.4, -0.2) is 31.7 Å². The van der Waals surface area contributed by atoms with Gasteiger partial charge in [-0.15, -0.1) is 0 Å². The third-order valence-electron chi connectivity index (χ3n) is 3.90. The van der Waals surface area contributed by atoms with Gasteiger partial charge in [0.25, 0.3) is 0 Å². The predicted octanol–water partition coefficient (Wildman–Crippen LogP) is 3.20. The quantitative estimate of drug-likeness (QED) is 0.625. The second-order valence-corrected chi connectivity index (χ2v) is 5.70. The van der Waals surface area contributed by atoms with Crippen LogP contribution in [0.5, 0.6) is 17.2 Å². The van der Waals surface area contributed by atoms with Gasteiger partial charge in [0.2, 0.25) is 5.90 Å². The maximum atomic E-state index is 12.1. The molecule has 6 nitrogen and oxygen atoms in total. The maximum absolute atomic E-state index is 12.1. The third kappa shape index (κ3) is 3.26. The largest absolute Gasteiger partial charge is 0.494 e. The molecule has 2 aromatic rings. The number of nitrogens with zero attached hydrogens (tertiary/aromatic N) is 1. The van der Waals surface area contributed by atoms with Crippen molar-refractivity contribution in [3.8, 4) is 17.2 Å². The lowest BCUT2D eigenvalue weighted by Crippen LogP contribution is -2.15. The second kappa shape index (κ2) is 6.92. The summed E-state index contributed by atoms with van der Waals surface area (Å²) in [5.41, 5.74) is 1.75. The molecule has 4 rings (SSSR count). The number of fused-ring (bicyclic) bond motifs is 1. The molecule has 0 aromatic heterocycles. The van der Waals surface area contributed by atoms with Gasteiger partial charge in [0.1, 0.15) is 19.0 Å². The number of hydrogen-bond acceptors (Lipinski definition) is 6. The van der Waals surface area contributed by atoms with Crippen LogP contribution in [0.3, 0.4) is 0 Å². The van der Waals surface area contributed by atoms with Crippen LogP contribution in [-0.2, 0) is 9.53 Å². The summed E-state index contributed by atoms with van der Waals surface area (Å²) < 4.78 is 21.8. The Balaban J connectivity index is 1.58. The topological polar surface area (TPSA) is 66.3 Å². The highest BCUT2D eigenvalue weighted by Gasteiger charge is 2.24. The van der Waals surface area contributed by atoms with E-state index in [9.17, 15) is 4.79 Å². The molecule has 0 bridgehead atoms. The van der Waals surface area contributed by atoms with E-state index >= 15 is 0 Å². The van der Waals surface area contributed by atoms with Crippen molar-refractivity contribution in [2.75, 3.05) is 19.8 Å². The van der Waals surface area contributed by atoms with Gasteiger partial charge < -0.3 is 18.9 Å². The van der Waals surface area contributed by atoms with Gasteiger partial charge in [0, 0.05) is 5.56 Å². The monoisotopic (exact) mass is 351 g/mol. The van der Waals surface area contributed by atoms with E-state index in [0.717, 1.165) is 11.3 Å². The molecule has 0 saturated carbocycles. The number of carbonyl (C=O) groups excluding carboxylic acids is 1. The summed E-state index contributed by atoms with van der Waals surface area (Å²) in [6.07, 6.45) is 1.67. The van der Waals surface area contributed by atoms with Crippen LogP contribution in [0.1, 0.15) is 18.1 Å². The van der Waals surface area contributed by atoms with E-state index in [1.807, 2.05) is 49.4 Å². The SMILES string of the molecule is CCOc1ccc(C2=N/C(=C\c3ccc4c(c3)OCCO4)C(=O)O2)cc1. The molecule has 0 unspecified atom stereocenters. The van der Waals surface area contributed by atoms with Crippen molar-refractivity contribution >= 4 is 17.9 Å². The van der Waals surface area contributed by atoms with Crippen molar-refractivity contribution < 1.29 is 23.7 Å². The minimum atomic E-state index is -0.483. The molecular formula is C20H17NO5. The highest BCUT2D eigenvalue weighted by molar-refractivity contribution is 6.12. The summed E-state index contributed by atoms with van der Waals surface area (Å²) in [4.78, 5) is 16.5. The molecule has 0 radical (unpaired) electrons. The Morgan fingerprint density at radius 1 is 1.08 bits per heavy atom. The average Bonchev–Trinajstić information content (AvgIpc) is 3.03. The van der Waals surface area contributed by atoms with E-state index in [1.54, 1.807) is 6.08 Å². The lowest BCUT2D eigenvalue weighted by molar-refractivity contribution is -0.129. The van der Waals surface area contributed by atoms with Crippen LogP contribution < -0.4 is 14.2 Å². The van der Waals surface area contributed by atoms with Crippen molar-refractivity contribution in [1.29, 1.82) is 0 Å². The summed E-state index contributed by atoms with van der Waals surface area (Å²) >= 11 is 0. The molecule has 0 aliphatic carbocycles. The third-order valence-corrected chi connectivity index (χ3v) is 3.90. The first-order chi connectivity index (χ1) is 12.7. The normalized spacial score (nSPS) is 17.0. The Morgan fingerprint density at radius 3 is 2.62 bits per heavy atom. The van der Waals surface area contributed by atoms with Gasteiger partial charge in [-0.1, -0.05) is 6.07 Å². The van der Waals surface area contributed by atoms with E-state index in [1.165, 1.54) is 0 Å². The van der Waals surface area contributed by atoms with Crippen molar-refractivity contribution in [3.63, 3.8) is 0 Å². The van der Waals surface area contributed by atoms with Crippen LogP contribution in [0.15, 0.2) is 53.2 Å². The molecule has 0 amide bonds. The van der Waals surface area contributed by atoms with E-state index in [0.29, 0.717) is 36.9 Å². The van der Waals surface area contributed by atoms with Crippen LogP contribution in [0.2, 0.25) is 0 Å². The standard InChI is InChI=1S/C20H17NO5/c1-2-23-15-6-4-14(5-7-15)19-21-16(20(22)26-19)11-13-3-8-17-18(12-13)25-10-9-24-17/h3-8,11-12H,2,9-10H2,1H3/b16-11-. The fourth-order valence-electron chi connectivity index (χ4n) is 2.70. The number of cyclic esters (lactones) is 1. The summed E-state index contributed by atoms with van der Waals surface area (Å²) in [7, 11) is 0. The minimum Gasteiger partial charge on any atom is -0.494 e. The van der Waals surface area contributed by atoms with E-state index in [-0.39, 0.29) is 11.6 Å². The molecule has 6 heteroatoms. The summed E-state index contributed by atoms with van der Waals surface area (Å²) in [5.74, 6) is 1.91. The van der Waals surface area contributed by atoms with E-state index in [2.05, 4.69) is 4.99 Å². The second-order valence-electron chi connectivity index (χ2n) is 5.70. The maximum Gasteiger partial charge on any atom is 0.363 e. The molecule has 132 valence electrons. The van der Waals surface area contributed by atoms with Crippen molar-refractivity contribution in [3.05, 3.63) is 59.3 Å². The van der Waals surface area contributed by atoms with Crippen molar-refractivity contribution in [2.45, 2.75) is 6.92 Å². The summed E-state index contributed by atoms with van der Waals surface area (Å²) in [6.45, 7) is 3.56. The molecule has 26 heavy (non-hydrogen) atoms. The van der Waals surface area contributed by atoms with Gasteiger partial charge in [-0.3, -0.25) is 0 Å². The summed E-state index contributed by atoms with van der Waals surface area (Å²) in [5, 5.41) is 0. The van der Waals surface area contributed by atoms with Gasteiger partial charge in [0.05, 0.1) is 6.61 Å². The first-order valence-corrected chi connectivity index (χ1v) is 8.38. The Labute approximate surface area is 150 Å². The fraction of sp³-hybridized carbons (Fsp3) is 0.200. The fourth-order valence-corrected chi connectivity index (χ4v) is 2.70. The first-order valence-electron chi connectivity index (χ1n) is 8.38. The Hall–Kier alpha value is -3.28. The molecule has 0 spiro atoms. The number of aliphatic imine (C=N–C) groups is 1. The predicted molar refractivity (Wildman–Crippen MR) is 95.6 cm³/mol. The van der Waals surface area contributed by atoms with Gasteiger partial charge in [-0.05, 0) is 55.0 Å². The zero-order chi connectivity index (χ0) is 17.9. The molecule has 0 saturated heterocycles. The first kappa shape index (κ1) is 16.2. The molecule has 2 aliphatic rings. The van der Waals surface area contributed by atoms with Crippen molar-refractivity contribution in [1.82, 2.24) is 0 Å². The van der Waals surface area contributed by atoms with Gasteiger partial charge in [-0.25, -0.2) is 9.79 Å². The minimum absolute atomic E-state index is 0.241. The molecule has 2 heterocycles. The number of hydrogen-bond donors (Lipinski definition) is 0. The Morgan fingerprint density at radius 2 is 1.85 bits per heavy atom. The molecular weight excluding hydrogens is 334 g/mol. The lowest BCUT2D eigenvalue weighted by atomic mass is 10.1. The highest BCUT2D eigenvalue weighted by Crippen LogP contribution is 2.32. The lowest BCUT2D eigenvalue weighted by Gasteiger charge is -2.18. The molecule has 0 N–H and O–H groups in total. The number of ether oxygens (including phenoxy) is 4. The average molecular weight is 351 g/mol. The zero-order valence-electron chi connectivity index (χ0n) is 14.2. The molecule has 2 aliphatic heterocycles. The van der Waals surface area contributed by atoms with Crippen LogP contribution in [0.25, 0.3) is 6.08 Å². The molecule has 0 atom stereocenters. The number of rotatable bonds is 4. The van der Waals surface area contributed by atoms with E-state index < -0.39 is 5.97 Å². The Bertz CT molecular complexity index is 899. The summed E-state index contributed by atoms with van der Waals surface area (Å²) in [6, 6.07) is 12.7. The molecule has 2 aromatic carbocycles. The highest BCUT2D eigenvalue weighted by atomic mass is 16.6. The number of carbonyl (C=O) groups is 1. The zero-order valence-corrected chi connectivity index (χ0v) is 14.2. The number of benzene rings is 2. The van der Waals surface area contributed by atoms with Crippen LogP contribution >= 0.6 is 0 Å². The van der Waals surface area contributed by atoms with Gasteiger partial charge in [-0.2, -0.15) is 0 Å². The van der Waals surface area contributed by atoms with Crippen LogP contribution in [0, 0.1) is 0 Å². The van der Waals surface area contributed by atoms with Crippen molar-refractivity contribution in [2.24, 2.45) is 4.99 Å². The Kier molecular flexibility index (Phi) is 4.31. The van der Waals surface area contributed by atoms with Gasteiger partial charge >= 0.3 is 5.97 Å². The van der Waals surface area contributed by atoms with Crippen LogP contribution in [0.4, 0.5) is 0 Å². The van der Waals surface area contributed by atoms with E-state index in [4.69, 9.17) is 18.9 Å².